The second-order valence-corrected chi connectivity index (χ2v) is 1.60. The fraction of sp³-hybridized carbons (Fsp3) is 0.667. The van der Waals surface area contributed by atoms with Crippen LogP contribution in [0.5, 0.6) is 0 Å². The van der Waals surface area contributed by atoms with Crippen LogP contribution < -0.4 is 0 Å². The van der Waals surface area contributed by atoms with E-state index in [1.54, 1.807) is 0 Å². The molecule has 0 rings (SSSR count). The number of rotatable bonds is 2. The molecule has 0 fully saturated rings. The molecule has 0 bridgehead atoms. The van der Waals surface area contributed by atoms with Gasteiger partial charge in [-0.2, -0.15) is 0 Å². The SMILES string of the molecule is CCC=C(C)C[O]. The highest BCUT2D eigenvalue weighted by Crippen LogP contribution is 1.90. The lowest BCUT2D eigenvalue weighted by Gasteiger charge is -1.85. The molecule has 0 N–H and O–H groups in total. The first kappa shape index (κ1) is 6.70. The van der Waals surface area contributed by atoms with Gasteiger partial charge in [-0.25, -0.2) is 5.11 Å². The fourth-order valence-corrected chi connectivity index (χ4v) is 0.407. The van der Waals surface area contributed by atoms with Gasteiger partial charge >= 0.3 is 0 Å². The van der Waals surface area contributed by atoms with Gasteiger partial charge in [0.25, 0.3) is 0 Å². The summed E-state index contributed by atoms with van der Waals surface area (Å²) in [7, 11) is 0. The molecule has 0 saturated heterocycles. The Kier molecular flexibility index (Phi) is 3.71. The first-order valence-electron chi connectivity index (χ1n) is 2.55. The van der Waals surface area contributed by atoms with Crippen molar-refractivity contribution in [3.63, 3.8) is 0 Å². The first-order valence-corrected chi connectivity index (χ1v) is 2.55. The van der Waals surface area contributed by atoms with E-state index in [4.69, 9.17) is 0 Å². The van der Waals surface area contributed by atoms with Crippen molar-refractivity contribution in [1.29, 1.82) is 0 Å². The largest absolute Gasteiger partial charge is 0.232 e. The van der Waals surface area contributed by atoms with Crippen LogP contribution in [-0.2, 0) is 5.11 Å². The quantitative estimate of drug-likeness (QED) is 0.470. The molecule has 0 heterocycles. The Morgan fingerprint density at radius 1 is 1.71 bits per heavy atom. The van der Waals surface area contributed by atoms with Crippen LogP contribution in [0.15, 0.2) is 11.6 Å². The molecule has 0 aromatic carbocycles. The highest BCUT2D eigenvalue weighted by atomic mass is 16.3. The predicted molar refractivity (Wildman–Crippen MR) is 29.6 cm³/mol. The van der Waals surface area contributed by atoms with E-state index in [0.717, 1.165) is 12.0 Å². The Balaban J connectivity index is 3.29. The van der Waals surface area contributed by atoms with Gasteiger partial charge in [0, 0.05) is 0 Å². The average molecular weight is 99.2 g/mol. The molecule has 1 radical (unpaired) electrons. The molecule has 0 atom stereocenters. The molecule has 0 amide bonds. The van der Waals surface area contributed by atoms with E-state index in [0.29, 0.717) is 0 Å². The van der Waals surface area contributed by atoms with Crippen LogP contribution in [-0.4, -0.2) is 6.61 Å². The summed E-state index contributed by atoms with van der Waals surface area (Å²) in [5.74, 6) is 0. The Bertz CT molecular complexity index is 64.6. The molecule has 1 nitrogen and oxygen atoms in total. The van der Waals surface area contributed by atoms with Crippen LogP contribution in [0.1, 0.15) is 20.3 Å². The second kappa shape index (κ2) is 3.88. The molecule has 0 aliphatic heterocycles. The summed E-state index contributed by atoms with van der Waals surface area (Å²) < 4.78 is 0. The maximum atomic E-state index is 9.95. The molecule has 0 spiro atoms. The number of hydrogen-bond donors (Lipinski definition) is 0. The summed E-state index contributed by atoms with van der Waals surface area (Å²) >= 11 is 0. The molecule has 0 aliphatic rings. The van der Waals surface area contributed by atoms with Crippen LogP contribution in [0.25, 0.3) is 0 Å². The molecule has 0 aliphatic carbocycles. The zero-order chi connectivity index (χ0) is 5.70. The summed E-state index contributed by atoms with van der Waals surface area (Å²) in [6.07, 6.45) is 2.93. The van der Waals surface area contributed by atoms with Gasteiger partial charge < -0.3 is 0 Å². The zero-order valence-corrected chi connectivity index (χ0v) is 4.90. The van der Waals surface area contributed by atoms with Crippen molar-refractivity contribution in [3.05, 3.63) is 11.6 Å². The smallest absolute Gasteiger partial charge is 0.103 e. The van der Waals surface area contributed by atoms with E-state index in [2.05, 4.69) is 0 Å². The molecule has 0 aromatic rings. The maximum absolute atomic E-state index is 9.95. The summed E-state index contributed by atoms with van der Waals surface area (Å²) in [6.45, 7) is 3.84. The third-order valence-corrected chi connectivity index (χ3v) is 0.780. The van der Waals surface area contributed by atoms with Gasteiger partial charge in [0.2, 0.25) is 0 Å². The van der Waals surface area contributed by atoms with Crippen LogP contribution >= 0.6 is 0 Å². The number of allylic oxidation sites excluding steroid dienone is 1. The van der Waals surface area contributed by atoms with Gasteiger partial charge in [-0.05, 0) is 18.9 Å². The summed E-state index contributed by atoms with van der Waals surface area (Å²) in [5, 5.41) is 9.95. The highest BCUT2D eigenvalue weighted by molar-refractivity contribution is 4.96. The molecule has 41 valence electrons. The predicted octanol–water partition coefficient (Wildman–Crippen LogP) is 1.77. The van der Waals surface area contributed by atoms with Crippen molar-refractivity contribution in [2.75, 3.05) is 6.61 Å². The van der Waals surface area contributed by atoms with Gasteiger partial charge in [-0.15, -0.1) is 0 Å². The van der Waals surface area contributed by atoms with E-state index < -0.39 is 0 Å². The van der Waals surface area contributed by atoms with Crippen LogP contribution in [0, 0.1) is 0 Å². The van der Waals surface area contributed by atoms with E-state index in [1.165, 1.54) is 0 Å². The zero-order valence-electron chi connectivity index (χ0n) is 4.90. The third-order valence-electron chi connectivity index (χ3n) is 0.780. The van der Waals surface area contributed by atoms with Crippen molar-refractivity contribution < 1.29 is 5.11 Å². The van der Waals surface area contributed by atoms with Crippen molar-refractivity contribution in [2.24, 2.45) is 0 Å². The van der Waals surface area contributed by atoms with Crippen molar-refractivity contribution in [1.82, 2.24) is 0 Å². The molecule has 7 heavy (non-hydrogen) atoms. The molecular weight excluding hydrogens is 88.1 g/mol. The average Bonchev–Trinajstić information content (AvgIpc) is 1.68. The third kappa shape index (κ3) is 3.53. The lowest BCUT2D eigenvalue weighted by molar-refractivity contribution is 0.223. The number of hydrogen-bond acceptors (Lipinski definition) is 0. The Morgan fingerprint density at radius 3 is 2.43 bits per heavy atom. The van der Waals surface area contributed by atoms with Gasteiger partial charge in [0.1, 0.15) is 6.61 Å². The molecule has 1 heteroatoms. The molecular formula is C6H11O. The standard InChI is InChI=1S/C6H11O/c1-3-4-6(2)5-7/h4H,3,5H2,1-2H3. The minimum Gasteiger partial charge on any atom is -0.232 e. The Hall–Kier alpha value is -0.300. The lowest BCUT2D eigenvalue weighted by atomic mass is 10.3. The van der Waals surface area contributed by atoms with Gasteiger partial charge in [0.15, 0.2) is 0 Å². The van der Waals surface area contributed by atoms with Crippen molar-refractivity contribution in [2.45, 2.75) is 20.3 Å². The van der Waals surface area contributed by atoms with E-state index in [-0.39, 0.29) is 6.61 Å². The highest BCUT2D eigenvalue weighted by Gasteiger charge is 1.79. The minimum absolute atomic E-state index is 0.0478. The van der Waals surface area contributed by atoms with E-state index in [1.807, 2.05) is 19.9 Å². The van der Waals surface area contributed by atoms with Gasteiger partial charge in [-0.3, -0.25) is 0 Å². The summed E-state index contributed by atoms with van der Waals surface area (Å²) in [6, 6.07) is 0. The van der Waals surface area contributed by atoms with Crippen molar-refractivity contribution >= 4 is 0 Å². The summed E-state index contributed by atoms with van der Waals surface area (Å²) in [4.78, 5) is 0. The van der Waals surface area contributed by atoms with Gasteiger partial charge in [-0.1, -0.05) is 13.0 Å². The Morgan fingerprint density at radius 2 is 2.29 bits per heavy atom. The van der Waals surface area contributed by atoms with E-state index >= 15 is 0 Å². The summed E-state index contributed by atoms with van der Waals surface area (Å²) in [5.41, 5.74) is 0.947. The molecule has 0 aromatic heterocycles. The van der Waals surface area contributed by atoms with Crippen molar-refractivity contribution in [3.8, 4) is 0 Å². The van der Waals surface area contributed by atoms with Crippen LogP contribution in [0.2, 0.25) is 0 Å². The topological polar surface area (TPSA) is 19.9 Å². The molecule has 0 saturated carbocycles. The van der Waals surface area contributed by atoms with E-state index in [9.17, 15) is 5.11 Å². The molecule has 0 unspecified atom stereocenters. The van der Waals surface area contributed by atoms with Gasteiger partial charge in [0.05, 0.1) is 0 Å². The monoisotopic (exact) mass is 99.1 g/mol. The van der Waals surface area contributed by atoms with Crippen LogP contribution in [0.3, 0.4) is 0 Å². The first-order chi connectivity index (χ1) is 3.31. The second-order valence-electron chi connectivity index (χ2n) is 1.60. The Labute approximate surface area is 44.7 Å². The normalized spacial score (nSPS) is 12.1. The van der Waals surface area contributed by atoms with Crippen LogP contribution in [0.4, 0.5) is 0 Å². The lowest BCUT2D eigenvalue weighted by Crippen LogP contribution is -1.79. The minimum atomic E-state index is -0.0478. The maximum Gasteiger partial charge on any atom is 0.103 e. The fourth-order valence-electron chi connectivity index (χ4n) is 0.407.